The highest BCUT2D eigenvalue weighted by molar-refractivity contribution is 8.00. The van der Waals surface area contributed by atoms with Crippen LogP contribution in [0.3, 0.4) is 0 Å². The van der Waals surface area contributed by atoms with Gasteiger partial charge < -0.3 is 9.84 Å². The molecule has 1 aliphatic heterocycles. The standard InChI is InChI=1S/C19H22O3S2/c1-22-15-7-5-13(6-8-15)10-14-11-17(24-12-14)18(19(20)21)16-4-2-3-9-23-16/h5-8,11-12,16,18H,2-4,9-10H2,1H3,(H,20,21). The molecule has 2 aromatic rings. The van der Waals surface area contributed by atoms with E-state index in [0.29, 0.717) is 0 Å². The molecule has 0 amide bonds. The van der Waals surface area contributed by atoms with Gasteiger partial charge >= 0.3 is 5.97 Å². The van der Waals surface area contributed by atoms with Crippen LogP contribution in [0.1, 0.15) is 41.2 Å². The van der Waals surface area contributed by atoms with Crippen LogP contribution in [-0.4, -0.2) is 29.2 Å². The van der Waals surface area contributed by atoms with E-state index in [1.165, 1.54) is 17.5 Å². The summed E-state index contributed by atoms with van der Waals surface area (Å²) in [4.78, 5) is 12.8. The molecule has 1 N–H and O–H groups in total. The summed E-state index contributed by atoms with van der Waals surface area (Å²) in [5, 5.41) is 12.0. The Morgan fingerprint density at radius 3 is 2.71 bits per heavy atom. The molecule has 3 rings (SSSR count). The van der Waals surface area contributed by atoms with Crippen molar-refractivity contribution in [2.45, 2.75) is 36.9 Å². The third kappa shape index (κ3) is 4.14. The fourth-order valence-electron chi connectivity index (χ4n) is 3.12. The maximum atomic E-state index is 11.8. The molecule has 5 heteroatoms. The molecule has 1 saturated heterocycles. The van der Waals surface area contributed by atoms with Crippen LogP contribution in [-0.2, 0) is 11.2 Å². The Balaban J connectivity index is 1.73. The Hall–Kier alpha value is -1.46. The van der Waals surface area contributed by atoms with Gasteiger partial charge in [0, 0.05) is 10.1 Å². The van der Waals surface area contributed by atoms with Crippen LogP contribution >= 0.6 is 23.1 Å². The van der Waals surface area contributed by atoms with Gasteiger partial charge in [-0.3, -0.25) is 4.79 Å². The maximum Gasteiger partial charge on any atom is 0.312 e. The van der Waals surface area contributed by atoms with E-state index in [-0.39, 0.29) is 11.2 Å². The number of hydrogen-bond donors (Lipinski definition) is 1. The average molecular weight is 363 g/mol. The average Bonchev–Trinajstić information content (AvgIpc) is 3.04. The van der Waals surface area contributed by atoms with Crippen molar-refractivity contribution in [1.82, 2.24) is 0 Å². The highest BCUT2D eigenvalue weighted by atomic mass is 32.2. The third-order valence-electron chi connectivity index (χ3n) is 4.40. The van der Waals surface area contributed by atoms with Gasteiger partial charge in [-0.1, -0.05) is 18.6 Å². The minimum Gasteiger partial charge on any atom is -0.497 e. The van der Waals surface area contributed by atoms with Gasteiger partial charge in [-0.15, -0.1) is 11.3 Å². The van der Waals surface area contributed by atoms with Crippen LogP contribution in [0.15, 0.2) is 35.7 Å². The molecule has 0 spiro atoms. The molecular weight excluding hydrogens is 340 g/mol. The molecule has 1 fully saturated rings. The molecule has 0 aliphatic carbocycles. The fourth-order valence-corrected chi connectivity index (χ4v) is 5.74. The van der Waals surface area contributed by atoms with Crippen molar-refractivity contribution in [3.8, 4) is 5.75 Å². The van der Waals surface area contributed by atoms with Gasteiger partial charge in [0.05, 0.1) is 7.11 Å². The summed E-state index contributed by atoms with van der Waals surface area (Å²) in [5.74, 6) is 0.876. The molecule has 2 unspecified atom stereocenters. The lowest BCUT2D eigenvalue weighted by Gasteiger charge is -2.26. The number of thiophene rings is 1. The van der Waals surface area contributed by atoms with Crippen molar-refractivity contribution in [2.24, 2.45) is 0 Å². The molecule has 128 valence electrons. The molecule has 0 bridgehead atoms. The lowest BCUT2D eigenvalue weighted by molar-refractivity contribution is -0.138. The number of aliphatic carboxylic acids is 1. The molecular formula is C19H22O3S2. The number of carboxylic acid groups (broad SMARTS) is 1. The zero-order valence-corrected chi connectivity index (χ0v) is 15.4. The number of carboxylic acids is 1. The number of benzene rings is 1. The molecule has 2 heterocycles. The van der Waals surface area contributed by atoms with Gasteiger partial charge in [0.2, 0.25) is 0 Å². The van der Waals surface area contributed by atoms with Gasteiger partial charge in [-0.2, -0.15) is 11.8 Å². The van der Waals surface area contributed by atoms with E-state index in [1.807, 2.05) is 23.9 Å². The first kappa shape index (κ1) is 17.4. The first-order valence-electron chi connectivity index (χ1n) is 8.22. The fraction of sp³-hybridized carbons (Fsp3) is 0.421. The van der Waals surface area contributed by atoms with Crippen LogP contribution in [0.5, 0.6) is 5.75 Å². The number of rotatable bonds is 6. The largest absolute Gasteiger partial charge is 0.497 e. The quantitative estimate of drug-likeness (QED) is 0.802. The smallest absolute Gasteiger partial charge is 0.312 e. The summed E-state index contributed by atoms with van der Waals surface area (Å²) < 4.78 is 5.18. The van der Waals surface area contributed by atoms with E-state index in [1.54, 1.807) is 18.4 Å². The van der Waals surface area contributed by atoms with E-state index in [9.17, 15) is 9.90 Å². The van der Waals surface area contributed by atoms with Gasteiger partial charge in [0.15, 0.2) is 0 Å². The van der Waals surface area contributed by atoms with Crippen molar-refractivity contribution < 1.29 is 14.6 Å². The van der Waals surface area contributed by atoms with Gasteiger partial charge in [-0.05, 0) is 59.7 Å². The Bertz CT molecular complexity index is 672. The number of thioether (sulfide) groups is 1. The summed E-state index contributed by atoms with van der Waals surface area (Å²) in [7, 11) is 1.66. The second kappa shape index (κ2) is 8.08. The second-order valence-electron chi connectivity index (χ2n) is 6.10. The molecule has 1 aromatic carbocycles. The molecule has 2 atom stereocenters. The maximum absolute atomic E-state index is 11.8. The normalized spacial score (nSPS) is 19.0. The lowest BCUT2D eigenvalue weighted by atomic mass is 9.97. The predicted octanol–water partition coefficient (Wildman–Crippen LogP) is 4.80. The Morgan fingerprint density at radius 2 is 2.08 bits per heavy atom. The highest BCUT2D eigenvalue weighted by Crippen LogP contribution is 2.39. The van der Waals surface area contributed by atoms with Crippen molar-refractivity contribution >= 4 is 29.1 Å². The SMILES string of the molecule is COc1ccc(Cc2csc(C(C(=O)O)C3CCCCS3)c2)cc1. The molecule has 0 radical (unpaired) electrons. The molecule has 1 aromatic heterocycles. The summed E-state index contributed by atoms with van der Waals surface area (Å²) in [5.41, 5.74) is 2.39. The summed E-state index contributed by atoms with van der Waals surface area (Å²) in [6, 6.07) is 10.1. The van der Waals surface area contributed by atoms with E-state index in [0.717, 1.165) is 35.6 Å². The van der Waals surface area contributed by atoms with E-state index >= 15 is 0 Å². The van der Waals surface area contributed by atoms with Gasteiger partial charge in [-0.25, -0.2) is 0 Å². The monoisotopic (exact) mass is 362 g/mol. The predicted molar refractivity (Wildman–Crippen MR) is 101 cm³/mol. The lowest BCUT2D eigenvalue weighted by Crippen LogP contribution is -2.25. The summed E-state index contributed by atoms with van der Waals surface area (Å²) >= 11 is 3.41. The minimum absolute atomic E-state index is 0.212. The van der Waals surface area contributed by atoms with Gasteiger partial charge in [0.1, 0.15) is 11.7 Å². The van der Waals surface area contributed by atoms with Crippen LogP contribution in [0.2, 0.25) is 0 Å². The van der Waals surface area contributed by atoms with E-state index < -0.39 is 5.97 Å². The molecule has 1 aliphatic rings. The van der Waals surface area contributed by atoms with Gasteiger partial charge in [0.25, 0.3) is 0 Å². The Labute approximate surface area is 151 Å². The number of ether oxygens (including phenoxy) is 1. The van der Waals surface area contributed by atoms with Crippen LogP contribution in [0.4, 0.5) is 0 Å². The van der Waals surface area contributed by atoms with Crippen LogP contribution < -0.4 is 4.74 Å². The first-order chi connectivity index (χ1) is 11.7. The van der Waals surface area contributed by atoms with Crippen molar-refractivity contribution in [2.75, 3.05) is 12.9 Å². The Kier molecular flexibility index (Phi) is 5.85. The van der Waals surface area contributed by atoms with Crippen LogP contribution in [0.25, 0.3) is 0 Å². The summed E-state index contributed by atoms with van der Waals surface area (Å²) in [6.07, 6.45) is 4.18. The minimum atomic E-state index is -0.688. The van der Waals surface area contributed by atoms with Crippen molar-refractivity contribution in [1.29, 1.82) is 0 Å². The third-order valence-corrected chi connectivity index (χ3v) is 6.93. The molecule has 3 nitrogen and oxygen atoms in total. The first-order valence-corrected chi connectivity index (χ1v) is 10.1. The zero-order valence-electron chi connectivity index (χ0n) is 13.7. The summed E-state index contributed by atoms with van der Waals surface area (Å²) in [6.45, 7) is 0. The topological polar surface area (TPSA) is 46.5 Å². The van der Waals surface area contributed by atoms with E-state index in [4.69, 9.17) is 4.74 Å². The molecule has 0 saturated carbocycles. The number of carbonyl (C=O) groups is 1. The number of hydrogen-bond acceptors (Lipinski definition) is 4. The highest BCUT2D eigenvalue weighted by Gasteiger charge is 2.32. The second-order valence-corrected chi connectivity index (χ2v) is 8.39. The van der Waals surface area contributed by atoms with Crippen LogP contribution in [0, 0.1) is 0 Å². The molecule has 24 heavy (non-hydrogen) atoms. The zero-order chi connectivity index (χ0) is 16.9. The van der Waals surface area contributed by atoms with Crippen molar-refractivity contribution in [3.63, 3.8) is 0 Å². The van der Waals surface area contributed by atoms with Crippen molar-refractivity contribution in [3.05, 3.63) is 51.7 Å². The number of methoxy groups -OCH3 is 1. The Morgan fingerprint density at radius 1 is 1.29 bits per heavy atom. The van der Waals surface area contributed by atoms with E-state index in [2.05, 4.69) is 23.6 Å².